The smallest absolute Gasteiger partial charge is 0.0603 e. The third kappa shape index (κ3) is 18.2. The number of likely N-dealkylation sites (tertiary alicyclic amines) is 3. The predicted molar refractivity (Wildman–Crippen MR) is 174 cm³/mol. The van der Waals surface area contributed by atoms with E-state index in [1.165, 1.54) is 84.3 Å². The highest BCUT2D eigenvalue weighted by atomic mass is 16.5. The number of nitrogens with zero attached hydrogens (tertiary/aromatic N) is 4. The summed E-state index contributed by atoms with van der Waals surface area (Å²) in [6.45, 7) is 24.1. The molecule has 3 saturated heterocycles. The van der Waals surface area contributed by atoms with E-state index in [1.807, 2.05) is 0 Å². The number of hydrogen-bond acceptors (Lipinski definition) is 6. The van der Waals surface area contributed by atoms with Gasteiger partial charge in [0.05, 0.1) is 12.2 Å². The van der Waals surface area contributed by atoms with Gasteiger partial charge in [-0.15, -0.1) is 0 Å². The van der Waals surface area contributed by atoms with Crippen molar-refractivity contribution in [2.45, 2.75) is 146 Å². The van der Waals surface area contributed by atoms with Crippen molar-refractivity contribution in [2.24, 2.45) is 0 Å². The van der Waals surface area contributed by atoms with E-state index >= 15 is 0 Å². The van der Waals surface area contributed by atoms with E-state index in [1.54, 1.807) is 0 Å². The van der Waals surface area contributed by atoms with Crippen LogP contribution in [0.5, 0.6) is 0 Å². The summed E-state index contributed by atoms with van der Waals surface area (Å²) >= 11 is 0. The minimum Gasteiger partial charge on any atom is -0.375 e. The van der Waals surface area contributed by atoms with Crippen LogP contribution in [-0.4, -0.2) is 123 Å². The van der Waals surface area contributed by atoms with Crippen molar-refractivity contribution in [3.63, 3.8) is 0 Å². The molecule has 6 heteroatoms. The summed E-state index contributed by atoms with van der Waals surface area (Å²) in [5.41, 5.74) is 0. The predicted octanol–water partition coefficient (Wildman–Crippen LogP) is 6.30. The number of nitrogens with one attached hydrogen (secondary N) is 1. The fourth-order valence-corrected chi connectivity index (χ4v) is 5.24. The number of likely N-dealkylation sites (N-methyl/N-ethyl adjacent to an activating group) is 1. The summed E-state index contributed by atoms with van der Waals surface area (Å²) in [5.74, 6) is 0. The van der Waals surface area contributed by atoms with Crippen LogP contribution in [-0.2, 0) is 4.74 Å². The van der Waals surface area contributed by atoms with Gasteiger partial charge in [0, 0.05) is 43.8 Å². The molecule has 0 spiro atoms. The molecule has 1 N–H and O–H groups in total. The molecule has 38 heavy (non-hydrogen) atoms. The molecule has 0 saturated carbocycles. The summed E-state index contributed by atoms with van der Waals surface area (Å²) in [6, 6.07) is 2.95. The molecule has 0 aromatic heterocycles. The van der Waals surface area contributed by atoms with Gasteiger partial charge in [-0.1, -0.05) is 43.1 Å². The molecule has 0 aliphatic carbocycles. The van der Waals surface area contributed by atoms with E-state index < -0.39 is 0 Å². The van der Waals surface area contributed by atoms with Crippen LogP contribution in [0.3, 0.4) is 0 Å². The molecule has 3 fully saturated rings. The lowest BCUT2D eigenvalue weighted by molar-refractivity contribution is -0.0232. The second-order valence-electron chi connectivity index (χ2n) is 12.0. The van der Waals surface area contributed by atoms with Gasteiger partial charge < -0.3 is 24.8 Å². The minimum absolute atomic E-state index is 0. The van der Waals surface area contributed by atoms with Crippen molar-refractivity contribution in [1.82, 2.24) is 24.9 Å². The summed E-state index contributed by atoms with van der Waals surface area (Å²) < 4.78 is 5.71. The zero-order valence-corrected chi connectivity index (χ0v) is 25.4. The van der Waals surface area contributed by atoms with Crippen LogP contribution in [0.1, 0.15) is 109 Å². The molecule has 1 unspecified atom stereocenters. The van der Waals surface area contributed by atoms with Crippen LogP contribution in [0.25, 0.3) is 0 Å². The SMILES string of the molecule is C.C.C.CC(C)N(C)C1CCN(C)CC1.CC(C)OC1CCN(C)CC1.CCN1CCCC1CNC(C)C. The summed E-state index contributed by atoms with van der Waals surface area (Å²) in [7, 11) is 6.64. The van der Waals surface area contributed by atoms with Crippen molar-refractivity contribution in [1.29, 1.82) is 0 Å². The number of rotatable bonds is 8. The molecule has 0 amide bonds. The lowest BCUT2D eigenvalue weighted by Crippen LogP contribution is -2.44. The molecule has 3 rings (SSSR count). The molecular formula is C32H75N5O. The fraction of sp³-hybridized carbons (Fsp3) is 1.00. The maximum Gasteiger partial charge on any atom is 0.0603 e. The minimum atomic E-state index is 0. The molecule has 0 aromatic carbocycles. The first-order valence-electron chi connectivity index (χ1n) is 14.7. The average Bonchev–Trinajstić information content (AvgIpc) is 3.27. The molecule has 234 valence electrons. The first kappa shape index (κ1) is 42.2. The van der Waals surface area contributed by atoms with E-state index in [0.29, 0.717) is 24.3 Å². The third-order valence-electron chi connectivity index (χ3n) is 7.88. The summed E-state index contributed by atoms with van der Waals surface area (Å²) in [5, 5.41) is 3.51. The zero-order valence-electron chi connectivity index (χ0n) is 25.4. The Bertz CT molecular complexity index is 500. The van der Waals surface area contributed by atoms with Crippen molar-refractivity contribution in [2.75, 3.05) is 67.0 Å². The van der Waals surface area contributed by atoms with Crippen LogP contribution < -0.4 is 5.32 Å². The molecule has 3 heterocycles. The van der Waals surface area contributed by atoms with E-state index in [-0.39, 0.29) is 22.3 Å². The summed E-state index contributed by atoms with van der Waals surface area (Å²) in [4.78, 5) is 9.87. The Labute approximate surface area is 242 Å². The first-order valence-corrected chi connectivity index (χ1v) is 14.7. The first-order chi connectivity index (χ1) is 16.5. The van der Waals surface area contributed by atoms with Crippen molar-refractivity contribution in [3.8, 4) is 0 Å². The Morgan fingerprint density at radius 3 is 1.71 bits per heavy atom. The molecule has 0 aromatic rings. The standard InChI is InChI=1S/2C10H22N2.C9H19NO.3CH4/c1-9(2)12(4)10-5-7-11(3)8-6-10;1-4-12-7-5-6-10(12)8-11-9(2)3;1-8(2)11-9-4-6-10(3)7-5-9;;;/h9-10H,5-8H2,1-4H3;9-11H,4-8H2,1-3H3;8-9H,4-7H2,1-3H3;3*1H4. The van der Waals surface area contributed by atoms with Gasteiger partial charge in [-0.05, 0) is 114 Å². The van der Waals surface area contributed by atoms with E-state index in [0.717, 1.165) is 12.1 Å². The average molecular weight is 546 g/mol. The van der Waals surface area contributed by atoms with Crippen LogP contribution in [0, 0.1) is 0 Å². The molecule has 3 aliphatic rings. The number of ether oxygens (including phenoxy) is 1. The highest BCUT2D eigenvalue weighted by molar-refractivity contribution is 4.80. The normalized spacial score (nSPS) is 21.8. The van der Waals surface area contributed by atoms with Crippen LogP contribution >= 0.6 is 0 Å². The van der Waals surface area contributed by atoms with Gasteiger partial charge in [-0.25, -0.2) is 0 Å². The number of hydrogen-bond donors (Lipinski definition) is 1. The molecule has 6 nitrogen and oxygen atoms in total. The van der Waals surface area contributed by atoms with Gasteiger partial charge in [0.2, 0.25) is 0 Å². The summed E-state index contributed by atoms with van der Waals surface area (Å²) in [6.07, 6.45) is 8.76. The quantitative estimate of drug-likeness (QED) is 0.385. The van der Waals surface area contributed by atoms with E-state index in [2.05, 4.69) is 94.5 Å². The van der Waals surface area contributed by atoms with E-state index in [4.69, 9.17) is 4.74 Å². The fourth-order valence-electron chi connectivity index (χ4n) is 5.24. The lowest BCUT2D eigenvalue weighted by atomic mass is 10.0. The highest BCUT2D eigenvalue weighted by Gasteiger charge is 2.23. The second-order valence-corrected chi connectivity index (χ2v) is 12.0. The van der Waals surface area contributed by atoms with Gasteiger partial charge in [0.1, 0.15) is 0 Å². The maximum absolute atomic E-state index is 5.71. The van der Waals surface area contributed by atoms with Crippen LogP contribution in [0.15, 0.2) is 0 Å². The van der Waals surface area contributed by atoms with Gasteiger partial charge >= 0.3 is 0 Å². The maximum atomic E-state index is 5.71. The Morgan fingerprint density at radius 1 is 0.789 bits per heavy atom. The van der Waals surface area contributed by atoms with Gasteiger partial charge in [-0.3, -0.25) is 4.90 Å². The topological polar surface area (TPSA) is 34.2 Å². The van der Waals surface area contributed by atoms with Crippen molar-refractivity contribution < 1.29 is 4.74 Å². The Balaban J connectivity index is -0.000000466. The Morgan fingerprint density at radius 2 is 1.29 bits per heavy atom. The third-order valence-corrected chi connectivity index (χ3v) is 7.88. The molecule has 0 radical (unpaired) electrons. The highest BCUT2D eigenvalue weighted by Crippen LogP contribution is 2.16. The molecular weight excluding hydrogens is 470 g/mol. The van der Waals surface area contributed by atoms with Gasteiger partial charge in [-0.2, -0.15) is 0 Å². The molecule has 1 atom stereocenters. The van der Waals surface area contributed by atoms with E-state index in [9.17, 15) is 0 Å². The number of piperidine rings is 2. The van der Waals surface area contributed by atoms with Gasteiger partial charge in [0.25, 0.3) is 0 Å². The Hall–Kier alpha value is -0.240. The van der Waals surface area contributed by atoms with Crippen molar-refractivity contribution in [3.05, 3.63) is 0 Å². The molecule has 0 bridgehead atoms. The largest absolute Gasteiger partial charge is 0.375 e. The lowest BCUT2D eigenvalue weighted by Gasteiger charge is -2.37. The monoisotopic (exact) mass is 546 g/mol. The zero-order chi connectivity index (χ0) is 26.4. The van der Waals surface area contributed by atoms with Crippen LogP contribution in [0.4, 0.5) is 0 Å². The molecule has 3 aliphatic heterocycles. The van der Waals surface area contributed by atoms with Gasteiger partial charge in [0.15, 0.2) is 0 Å². The van der Waals surface area contributed by atoms with Crippen LogP contribution in [0.2, 0.25) is 0 Å². The second kappa shape index (κ2) is 23.5. The Kier molecular flexibility index (Phi) is 26.1. The van der Waals surface area contributed by atoms with Crippen molar-refractivity contribution >= 4 is 0 Å².